The van der Waals surface area contributed by atoms with Crippen LogP contribution in [-0.4, -0.2) is 29.4 Å². The second-order valence-corrected chi connectivity index (χ2v) is 4.68. The zero-order chi connectivity index (χ0) is 13.7. The number of hydrogen-bond acceptors (Lipinski definition) is 3. The van der Waals surface area contributed by atoms with Crippen LogP contribution in [0, 0.1) is 0 Å². The average molecular weight is 282 g/mol. The fraction of sp³-hybridized carbons (Fsp3) is 0.727. The topological polar surface area (TPSA) is 53.1 Å². The molecule has 0 amide bonds. The van der Waals surface area contributed by atoms with Gasteiger partial charge >= 0.3 is 0 Å². The molecule has 0 saturated carbocycles. The molecule has 104 valence electrons. The van der Waals surface area contributed by atoms with Gasteiger partial charge in [0.05, 0.1) is 23.0 Å². The van der Waals surface area contributed by atoms with E-state index in [4.69, 9.17) is 22.1 Å². The van der Waals surface area contributed by atoms with Crippen molar-refractivity contribution >= 4 is 11.6 Å². The highest BCUT2D eigenvalue weighted by molar-refractivity contribution is 6.31. The van der Waals surface area contributed by atoms with Gasteiger partial charge in [0.2, 0.25) is 0 Å². The van der Waals surface area contributed by atoms with Crippen molar-refractivity contribution in [3.05, 3.63) is 16.9 Å². The van der Waals surface area contributed by atoms with Crippen molar-refractivity contribution in [1.29, 1.82) is 0 Å². The maximum atomic E-state index is 11.9. The van der Waals surface area contributed by atoms with Gasteiger partial charge in [0.1, 0.15) is 6.61 Å². The molecule has 1 heterocycles. The molecule has 0 spiro atoms. The molecule has 0 aromatic carbocycles. The standard InChI is InChI=1S/C11H18ClF2N3O/c1-7(2)17-11(8(12)5-16-17)9(15)3-4-18-6-10(13)14/h5,7,9-10H,3-4,6,15H2,1-2H3. The van der Waals surface area contributed by atoms with Crippen LogP contribution in [0.5, 0.6) is 0 Å². The van der Waals surface area contributed by atoms with Gasteiger partial charge in [-0.15, -0.1) is 0 Å². The van der Waals surface area contributed by atoms with Gasteiger partial charge in [-0.1, -0.05) is 11.6 Å². The van der Waals surface area contributed by atoms with Crippen molar-refractivity contribution in [3.8, 4) is 0 Å². The number of aromatic nitrogens is 2. The quantitative estimate of drug-likeness (QED) is 0.782. The molecule has 0 aliphatic rings. The summed E-state index contributed by atoms with van der Waals surface area (Å²) in [5.74, 6) is 0. The first-order chi connectivity index (χ1) is 8.43. The van der Waals surface area contributed by atoms with Crippen molar-refractivity contribution in [3.63, 3.8) is 0 Å². The predicted molar refractivity (Wildman–Crippen MR) is 66.0 cm³/mol. The van der Waals surface area contributed by atoms with Gasteiger partial charge in [0.25, 0.3) is 6.43 Å². The molecule has 2 N–H and O–H groups in total. The Kier molecular flexibility index (Phi) is 5.98. The largest absolute Gasteiger partial charge is 0.375 e. The number of hydrogen-bond donors (Lipinski definition) is 1. The molecule has 1 unspecified atom stereocenters. The van der Waals surface area contributed by atoms with E-state index < -0.39 is 13.0 Å². The Bertz CT molecular complexity index is 371. The van der Waals surface area contributed by atoms with Crippen LogP contribution in [-0.2, 0) is 4.74 Å². The SMILES string of the molecule is CC(C)n1ncc(Cl)c1C(N)CCOCC(F)F. The van der Waals surface area contributed by atoms with Crippen molar-refractivity contribution in [2.75, 3.05) is 13.2 Å². The van der Waals surface area contributed by atoms with E-state index in [2.05, 4.69) is 5.10 Å². The molecule has 0 aliphatic heterocycles. The van der Waals surface area contributed by atoms with E-state index in [0.29, 0.717) is 17.1 Å². The van der Waals surface area contributed by atoms with Crippen LogP contribution in [0.1, 0.15) is 38.0 Å². The molecule has 0 fully saturated rings. The first kappa shape index (κ1) is 15.3. The van der Waals surface area contributed by atoms with Crippen LogP contribution in [0.15, 0.2) is 6.20 Å². The van der Waals surface area contributed by atoms with Gasteiger partial charge in [-0.25, -0.2) is 8.78 Å². The van der Waals surface area contributed by atoms with Gasteiger partial charge < -0.3 is 10.5 Å². The van der Waals surface area contributed by atoms with Crippen molar-refractivity contribution in [1.82, 2.24) is 9.78 Å². The molecule has 1 aromatic heterocycles. The van der Waals surface area contributed by atoms with Crippen LogP contribution in [0.2, 0.25) is 5.02 Å². The number of nitrogens with two attached hydrogens (primary N) is 1. The maximum absolute atomic E-state index is 11.9. The van der Waals surface area contributed by atoms with E-state index in [9.17, 15) is 8.78 Å². The molecule has 0 bridgehead atoms. The van der Waals surface area contributed by atoms with Crippen LogP contribution in [0.4, 0.5) is 8.78 Å². The van der Waals surface area contributed by atoms with E-state index in [1.165, 1.54) is 6.20 Å². The smallest absolute Gasteiger partial charge is 0.261 e. The summed E-state index contributed by atoms with van der Waals surface area (Å²) >= 11 is 6.02. The fourth-order valence-corrected chi connectivity index (χ4v) is 1.90. The normalized spacial score (nSPS) is 13.6. The third-order valence-corrected chi connectivity index (χ3v) is 2.74. The van der Waals surface area contributed by atoms with Gasteiger partial charge in [-0.05, 0) is 20.3 Å². The lowest BCUT2D eigenvalue weighted by molar-refractivity contribution is 0.0150. The van der Waals surface area contributed by atoms with E-state index in [0.717, 1.165) is 0 Å². The zero-order valence-corrected chi connectivity index (χ0v) is 11.2. The summed E-state index contributed by atoms with van der Waals surface area (Å²) in [6.45, 7) is 3.54. The average Bonchev–Trinajstić information content (AvgIpc) is 2.66. The minimum Gasteiger partial charge on any atom is -0.375 e. The predicted octanol–water partition coefficient (Wildman–Crippen LogP) is 2.79. The molecule has 1 aromatic rings. The maximum Gasteiger partial charge on any atom is 0.261 e. The van der Waals surface area contributed by atoms with Crippen LogP contribution in [0.3, 0.4) is 0 Å². The third-order valence-electron chi connectivity index (χ3n) is 2.44. The lowest BCUT2D eigenvalue weighted by Gasteiger charge is -2.17. The third kappa shape index (κ3) is 4.19. The Hall–Kier alpha value is -0.720. The summed E-state index contributed by atoms with van der Waals surface area (Å²) in [6, 6.07) is -0.236. The summed E-state index contributed by atoms with van der Waals surface area (Å²) in [6.07, 6.45) is -0.493. The summed E-state index contributed by atoms with van der Waals surface area (Å²) in [5.41, 5.74) is 6.70. The summed E-state index contributed by atoms with van der Waals surface area (Å²) in [7, 11) is 0. The summed E-state index contributed by atoms with van der Waals surface area (Å²) in [4.78, 5) is 0. The molecule has 7 heteroatoms. The Labute approximate surface area is 110 Å². The van der Waals surface area contributed by atoms with Crippen LogP contribution < -0.4 is 5.73 Å². The highest BCUT2D eigenvalue weighted by Gasteiger charge is 2.18. The molecule has 0 aliphatic carbocycles. The molecular weight excluding hydrogens is 264 g/mol. The van der Waals surface area contributed by atoms with E-state index in [-0.39, 0.29) is 18.7 Å². The van der Waals surface area contributed by atoms with Crippen molar-refractivity contribution < 1.29 is 13.5 Å². The Balaban J connectivity index is 2.55. The van der Waals surface area contributed by atoms with Gasteiger partial charge in [0, 0.05) is 12.6 Å². The van der Waals surface area contributed by atoms with Crippen molar-refractivity contribution in [2.24, 2.45) is 5.73 Å². The number of rotatable bonds is 7. The Morgan fingerprint density at radius 1 is 1.50 bits per heavy atom. The van der Waals surface area contributed by atoms with Crippen molar-refractivity contribution in [2.45, 2.75) is 38.8 Å². The van der Waals surface area contributed by atoms with Gasteiger partial charge in [-0.3, -0.25) is 4.68 Å². The monoisotopic (exact) mass is 281 g/mol. The lowest BCUT2D eigenvalue weighted by Crippen LogP contribution is -2.20. The molecule has 0 radical (unpaired) electrons. The molecular formula is C11H18ClF2N3O. The van der Waals surface area contributed by atoms with Gasteiger partial charge in [0.15, 0.2) is 0 Å². The van der Waals surface area contributed by atoms with E-state index >= 15 is 0 Å². The number of ether oxygens (including phenoxy) is 1. The number of alkyl halides is 2. The molecule has 18 heavy (non-hydrogen) atoms. The number of halogens is 3. The molecule has 0 saturated heterocycles. The Morgan fingerprint density at radius 2 is 2.17 bits per heavy atom. The molecule has 4 nitrogen and oxygen atoms in total. The lowest BCUT2D eigenvalue weighted by atomic mass is 10.1. The van der Waals surface area contributed by atoms with Crippen LogP contribution in [0.25, 0.3) is 0 Å². The summed E-state index contributed by atoms with van der Waals surface area (Å²) < 4.78 is 30.3. The van der Waals surface area contributed by atoms with E-state index in [1.54, 1.807) is 4.68 Å². The second-order valence-electron chi connectivity index (χ2n) is 4.28. The first-order valence-corrected chi connectivity index (χ1v) is 6.15. The minimum absolute atomic E-state index is 0.139. The van der Waals surface area contributed by atoms with Crippen LogP contribution >= 0.6 is 11.6 Å². The fourth-order valence-electron chi connectivity index (χ4n) is 1.63. The molecule has 1 atom stereocenters. The van der Waals surface area contributed by atoms with E-state index in [1.807, 2.05) is 13.8 Å². The highest BCUT2D eigenvalue weighted by atomic mass is 35.5. The second kappa shape index (κ2) is 7.01. The van der Waals surface area contributed by atoms with Gasteiger partial charge in [-0.2, -0.15) is 5.10 Å². The Morgan fingerprint density at radius 3 is 2.72 bits per heavy atom. The zero-order valence-electron chi connectivity index (χ0n) is 10.4. The highest BCUT2D eigenvalue weighted by Crippen LogP contribution is 2.25. The number of nitrogens with zero attached hydrogens (tertiary/aromatic N) is 2. The molecule has 1 rings (SSSR count). The first-order valence-electron chi connectivity index (χ1n) is 5.77. The minimum atomic E-state index is -2.45. The summed E-state index contributed by atoms with van der Waals surface area (Å²) in [5, 5.41) is 4.63.